The van der Waals surface area contributed by atoms with Crippen LogP contribution in [0.2, 0.25) is 19.6 Å². The largest absolute Gasteiger partial charge is 0.455 e. The minimum Gasteiger partial charge on any atom is -0.455 e. The van der Waals surface area contributed by atoms with Gasteiger partial charge in [0.25, 0.3) is 0 Å². The molecular formula is C67H60FN3OSi+2. The van der Waals surface area contributed by atoms with Crippen LogP contribution in [0.1, 0.15) is 75.3 Å². The number of aromatic nitrogens is 3. The Labute approximate surface area is 430 Å². The Balaban J connectivity index is 1.27. The van der Waals surface area contributed by atoms with E-state index in [1.54, 1.807) is 0 Å². The molecule has 4 nitrogen and oxygen atoms in total. The Hall–Kier alpha value is -7.67. The molecule has 0 N–H and O–H groups in total. The second-order valence-corrected chi connectivity index (χ2v) is 27.9. The van der Waals surface area contributed by atoms with Crippen LogP contribution in [0.15, 0.2) is 180 Å². The summed E-state index contributed by atoms with van der Waals surface area (Å²) in [5.74, 6) is -0.248. The molecule has 0 fully saturated rings. The van der Waals surface area contributed by atoms with Crippen LogP contribution in [0.5, 0.6) is 0 Å². The van der Waals surface area contributed by atoms with Crippen molar-refractivity contribution in [2.24, 2.45) is 0 Å². The molecule has 1 atom stereocenters. The molecule has 73 heavy (non-hydrogen) atoms. The van der Waals surface area contributed by atoms with Gasteiger partial charge in [-0.1, -0.05) is 169 Å². The lowest BCUT2D eigenvalue weighted by molar-refractivity contribution is -0.944. The van der Waals surface area contributed by atoms with Crippen LogP contribution in [0, 0.1) is 19.7 Å². The van der Waals surface area contributed by atoms with Crippen molar-refractivity contribution >= 4 is 46.2 Å². The van der Waals surface area contributed by atoms with Gasteiger partial charge in [0.15, 0.2) is 22.8 Å². The number of hydrogen-bond acceptors (Lipinski definition) is 1. The summed E-state index contributed by atoms with van der Waals surface area (Å²) >= 11 is 0. The third-order valence-electron chi connectivity index (χ3n) is 15.9. The first-order valence-electron chi connectivity index (χ1n) is 26.2. The van der Waals surface area contributed by atoms with E-state index < -0.39 is 19.6 Å². The maximum atomic E-state index is 17.8. The van der Waals surface area contributed by atoms with Crippen molar-refractivity contribution in [3.63, 3.8) is 0 Å². The van der Waals surface area contributed by atoms with Gasteiger partial charge in [0.1, 0.15) is 22.7 Å². The number of furan rings is 1. The van der Waals surface area contributed by atoms with Gasteiger partial charge in [-0.2, -0.15) is 4.57 Å². The van der Waals surface area contributed by atoms with Gasteiger partial charge in [0, 0.05) is 34.5 Å². The zero-order valence-electron chi connectivity index (χ0n) is 44.4. The van der Waals surface area contributed by atoms with Gasteiger partial charge in [-0.25, -0.2) is 4.39 Å². The van der Waals surface area contributed by atoms with Crippen LogP contribution in [0.3, 0.4) is 0 Å². The number of hydrogen-bond donors (Lipinski definition) is 0. The molecule has 0 bridgehead atoms. The van der Waals surface area contributed by atoms with Gasteiger partial charge in [-0.3, -0.25) is 0 Å². The van der Waals surface area contributed by atoms with Crippen LogP contribution >= 0.6 is 0 Å². The first kappa shape index (κ1) is 44.1. The molecule has 0 aliphatic carbocycles. The average molecular weight is 971 g/mol. The Morgan fingerprint density at radius 3 is 1.90 bits per heavy atom. The summed E-state index contributed by atoms with van der Waals surface area (Å²) in [6, 6.07) is 61.3. The van der Waals surface area contributed by atoms with Crippen molar-refractivity contribution in [2.45, 2.75) is 85.1 Å². The molecule has 0 amide bonds. The number of pyridine rings is 1. The number of aryl methyl sites for hydroxylation is 2. The van der Waals surface area contributed by atoms with Crippen LogP contribution < -0.4 is 14.3 Å². The standard InChI is InChI=1S/C67H60FN3OSi/c1-40(2)50-38-57-60-53(33-27-42(4)62(60)68)67(69(57)39-59(50)73(8,9)10)54-34-32-49-48-31-30-46(43-28-25-41(3)26-29-43)35-58(48)72-64(49)61(54)65-70(55-23-17-18-24-56(55)71(65)67)63-51(44-19-13-11-14-20-44)36-47(66(5,6)7)37-52(63)45-21-15-12-16-22-45/h11-40H,1-10H3/q+2/i40D. The molecular weight excluding hydrogens is 910 g/mol. The number of imidazole rings is 1. The third kappa shape index (κ3) is 6.48. The maximum Gasteiger partial charge on any atom is 0.365 e. The number of fused-ring (bicyclic) bond motifs is 16. The lowest BCUT2D eigenvalue weighted by Crippen LogP contribution is -2.72. The number of nitrogens with zero attached hydrogens (tertiary/aromatic N) is 3. The summed E-state index contributed by atoms with van der Waals surface area (Å²) in [4.78, 5) is 0. The van der Waals surface area contributed by atoms with Gasteiger partial charge in [-0.15, -0.1) is 9.13 Å². The van der Waals surface area contributed by atoms with Gasteiger partial charge in [0.05, 0.1) is 24.8 Å². The fourth-order valence-corrected chi connectivity index (χ4v) is 13.9. The van der Waals surface area contributed by atoms with Crippen LogP contribution in [-0.2, 0) is 11.1 Å². The lowest BCUT2D eigenvalue weighted by Gasteiger charge is -2.25. The number of halogens is 1. The predicted molar refractivity (Wildman–Crippen MR) is 301 cm³/mol. The van der Waals surface area contributed by atoms with Crippen LogP contribution in [0.25, 0.3) is 94.7 Å². The molecule has 1 spiro atoms. The van der Waals surface area contributed by atoms with Crippen molar-refractivity contribution in [3.8, 4) is 61.7 Å². The summed E-state index contributed by atoms with van der Waals surface area (Å²) in [6.07, 6.45) is 2.32. The second kappa shape index (κ2) is 15.9. The van der Waals surface area contributed by atoms with Crippen molar-refractivity contribution in [3.05, 3.63) is 215 Å². The quantitative estimate of drug-likeness (QED) is 0.120. The summed E-state index contributed by atoms with van der Waals surface area (Å²) in [5.41, 5.74) is 18.0. The molecule has 0 radical (unpaired) electrons. The molecule has 11 aromatic rings. The predicted octanol–water partition coefficient (Wildman–Crippen LogP) is 16.1. The van der Waals surface area contributed by atoms with Gasteiger partial charge >= 0.3 is 11.5 Å². The van der Waals surface area contributed by atoms with E-state index >= 15 is 4.39 Å². The third-order valence-corrected chi connectivity index (χ3v) is 17.9. The first-order chi connectivity index (χ1) is 35.4. The fraction of sp³-hybridized carbons (Fsp3) is 0.194. The zero-order valence-corrected chi connectivity index (χ0v) is 44.4. The summed E-state index contributed by atoms with van der Waals surface area (Å²) in [6.45, 7) is 21.9. The molecule has 3 aromatic heterocycles. The van der Waals surface area contributed by atoms with E-state index in [4.69, 9.17) is 4.42 Å². The van der Waals surface area contributed by atoms with Crippen molar-refractivity contribution in [2.75, 3.05) is 0 Å². The molecule has 13 rings (SSSR count). The molecule has 0 saturated carbocycles. The average Bonchev–Trinajstić information content (AvgIpc) is 4.18. The molecule has 1 unspecified atom stereocenters. The highest BCUT2D eigenvalue weighted by Crippen LogP contribution is 2.55. The summed E-state index contributed by atoms with van der Waals surface area (Å²) in [7, 11) is -2.19. The van der Waals surface area contributed by atoms with Crippen molar-refractivity contribution in [1.82, 2.24) is 4.57 Å². The Morgan fingerprint density at radius 2 is 1.26 bits per heavy atom. The van der Waals surface area contributed by atoms with E-state index in [1.165, 1.54) is 16.3 Å². The van der Waals surface area contributed by atoms with E-state index in [9.17, 15) is 1.37 Å². The topological polar surface area (TPSA) is 25.8 Å². The first-order valence-corrected chi connectivity index (χ1v) is 29.2. The Morgan fingerprint density at radius 1 is 0.658 bits per heavy atom. The number of benzene rings is 8. The molecule has 358 valence electrons. The van der Waals surface area contributed by atoms with E-state index in [0.29, 0.717) is 11.1 Å². The van der Waals surface area contributed by atoms with Crippen molar-refractivity contribution in [1.29, 1.82) is 0 Å². The Kier molecular flexibility index (Phi) is 9.60. The number of para-hydroxylation sites is 2. The minimum atomic E-state index is -2.19. The van der Waals surface area contributed by atoms with E-state index in [0.717, 1.165) is 106 Å². The van der Waals surface area contributed by atoms with Gasteiger partial charge < -0.3 is 4.42 Å². The second-order valence-electron chi connectivity index (χ2n) is 22.8. The molecule has 6 heteroatoms. The summed E-state index contributed by atoms with van der Waals surface area (Å²) < 4.78 is 42.3. The Bertz CT molecular complexity index is 4090. The maximum absolute atomic E-state index is 17.8. The SMILES string of the molecule is [2H]C(C)(C)c1cc2[n+](cc1[Si](C)(C)C)C1(c3ccc(C)c(F)c3-2)c2ccc3c(oc4cc(-c5ccc(C)cc5)ccc43)c2-c2n(-c3c(-c4ccccc4)cc(C(C)(C)C)cc3-c3ccccc3)c3ccccc3[n+]21. The normalized spacial score (nSPS) is 15.3. The van der Waals surface area contributed by atoms with E-state index in [2.05, 4.69) is 231 Å². The minimum absolute atomic E-state index is 0.174. The van der Waals surface area contributed by atoms with E-state index in [-0.39, 0.29) is 11.2 Å². The monoisotopic (exact) mass is 970 g/mol. The van der Waals surface area contributed by atoms with Crippen LogP contribution in [0.4, 0.5) is 4.39 Å². The lowest BCUT2D eigenvalue weighted by atomic mass is 9.82. The highest BCUT2D eigenvalue weighted by molar-refractivity contribution is 6.89. The molecule has 2 aliphatic rings. The molecule has 0 saturated heterocycles. The zero-order chi connectivity index (χ0) is 51.4. The highest BCUT2D eigenvalue weighted by Gasteiger charge is 2.68. The van der Waals surface area contributed by atoms with Crippen molar-refractivity contribution < 1.29 is 19.3 Å². The molecule has 2 aliphatic heterocycles. The van der Waals surface area contributed by atoms with Gasteiger partial charge in [-0.05, 0) is 119 Å². The fourth-order valence-electron chi connectivity index (χ4n) is 12.2. The summed E-state index contributed by atoms with van der Waals surface area (Å²) in [5, 5.41) is 3.22. The number of rotatable bonds is 6. The smallest absolute Gasteiger partial charge is 0.365 e. The molecule has 8 aromatic carbocycles. The highest BCUT2D eigenvalue weighted by atomic mass is 28.3. The van der Waals surface area contributed by atoms with Crippen LogP contribution in [-0.4, -0.2) is 12.6 Å². The molecule has 5 heterocycles. The van der Waals surface area contributed by atoms with Gasteiger partial charge in [0.2, 0.25) is 5.69 Å². The van der Waals surface area contributed by atoms with E-state index in [1.807, 2.05) is 26.8 Å².